The fraction of sp³-hybridized carbons (Fsp3) is 0.200. The molecule has 0 unspecified atom stereocenters. The van der Waals surface area contributed by atoms with E-state index in [1.165, 1.54) is 4.90 Å². The van der Waals surface area contributed by atoms with Crippen molar-refractivity contribution in [3.8, 4) is 0 Å². The molecule has 3 nitrogen and oxygen atoms in total. The highest BCUT2D eigenvalue weighted by atomic mass is 32.2. The number of rotatable bonds is 3. The summed E-state index contributed by atoms with van der Waals surface area (Å²) in [6, 6.07) is 10.6. The molecule has 102 valence electrons. The van der Waals surface area contributed by atoms with E-state index in [0.29, 0.717) is 0 Å². The van der Waals surface area contributed by atoms with Crippen LogP contribution in [0.5, 0.6) is 0 Å². The zero-order valence-electron chi connectivity index (χ0n) is 11.6. The minimum Gasteiger partial charge on any atom is -0.328 e. The SMILES string of the molecule is CSc1ccc(N(C)c2nc(C)nc3ccsc23)cc1. The molecule has 0 aliphatic rings. The molecule has 0 saturated heterocycles. The van der Waals surface area contributed by atoms with Gasteiger partial charge >= 0.3 is 0 Å². The molecule has 2 heterocycles. The topological polar surface area (TPSA) is 29.0 Å². The van der Waals surface area contributed by atoms with Crippen LogP contribution in [0.3, 0.4) is 0 Å². The van der Waals surface area contributed by atoms with Gasteiger partial charge in [0.05, 0.1) is 10.2 Å². The quantitative estimate of drug-likeness (QED) is 0.667. The van der Waals surface area contributed by atoms with Crippen LogP contribution in [0.1, 0.15) is 5.82 Å². The average Bonchev–Trinajstić information content (AvgIpc) is 2.94. The van der Waals surface area contributed by atoms with Crippen LogP contribution in [-0.4, -0.2) is 23.3 Å². The van der Waals surface area contributed by atoms with Crippen molar-refractivity contribution in [2.45, 2.75) is 11.8 Å². The Balaban J connectivity index is 2.06. The number of anilines is 2. The first-order valence-electron chi connectivity index (χ1n) is 6.28. The Morgan fingerprint density at radius 2 is 1.85 bits per heavy atom. The van der Waals surface area contributed by atoms with Crippen LogP contribution in [0.2, 0.25) is 0 Å². The molecule has 0 atom stereocenters. The van der Waals surface area contributed by atoms with Gasteiger partial charge in [0.15, 0.2) is 5.82 Å². The molecule has 20 heavy (non-hydrogen) atoms. The van der Waals surface area contributed by atoms with Crippen molar-refractivity contribution in [3.05, 3.63) is 41.5 Å². The molecule has 0 aliphatic carbocycles. The number of nitrogens with zero attached hydrogens (tertiary/aromatic N) is 3. The molecular weight excluding hydrogens is 286 g/mol. The van der Waals surface area contributed by atoms with Gasteiger partial charge in [-0.1, -0.05) is 0 Å². The number of hydrogen-bond acceptors (Lipinski definition) is 5. The number of hydrogen-bond donors (Lipinski definition) is 0. The smallest absolute Gasteiger partial charge is 0.154 e. The maximum Gasteiger partial charge on any atom is 0.154 e. The number of aromatic nitrogens is 2. The predicted molar refractivity (Wildman–Crippen MR) is 88.4 cm³/mol. The normalized spacial score (nSPS) is 10.9. The van der Waals surface area contributed by atoms with Crippen molar-refractivity contribution >= 4 is 44.8 Å². The van der Waals surface area contributed by atoms with Crippen molar-refractivity contribution in [2.24, 2.45) is 0 Å². The lowest BCUT2D eigenvalue weighted by atomic mass is 10.3. The second kappa shape index (κ2) is 5.42. The standard InChI is InChI=1S/C15H15N3S2/c1-10-16-13-8-9-20-14(13)15(17-10)18(2)11-4-6-12(19-3)7-5-11/h4-9H,1-3H3. The maximum absolute atomic E-state index is 4.61. The van der Waals surface area contributed by atoms with Gasteiger partial charge in [-0.05, 0) is 48.9 Å². The fourth-order valence-electron chi connectivity index (χ4n) is 2.12. The van der Waals surface area contributed by atoms with Gasteiger partial charge < -0.3 is 4.90 Å². The first kappa shape index (κ1) is 13.4. The zero-order chi connectivity index (χ0) is 14.1. The molecule has 0 aliphatic heterocycles. The molecule has 3 aromatic rings. The molecule has 0 N–H and O–H groups in total. The number of aryl methyl sites for hydroxylation is 1. The summed E-state index contributed by atoms with van der Waals surface area (Å²) >= 11 is 3.43. The summed E-state index contributed by atoms with van der Waals surface area (Å²) in [5.74, 6) is 1.78. The van der Waals surface area contributed by atoms with E-state index < -0.39 is 0 Å². The third-order valence-electron chi connectivity index (χ3n) is 3.17. The first-order chi connectivity index (χ1) is 9.69. The molecule has 0 fully saturated rings. The monoisotopic (exact) mass is 301 g/mol. The first-order valence-corrected chi connectivity index (χ1v) is 8.39. The lowest BCUT2D eigenvalue weighted by Gasteiger charge is -2.19. The van der Waals surface area contributed by atoms with Crippen LogP contribution >= 0.6 is 23.1 Å². The third-order valence-corrected chi connectivity index (χ3v) is 4.82. The van der Waals surface area contributed by atoms with E-state index in [9.17, 15) is 0 Å². The molecule has 0 amide bonds. The van der Waals surface area contributed by atoms with E-state index in [1.54, 1.807) is 23.1 Å². The Morgan fingerprint density at radius 3 is 2.55 bits per heavy atom. The second-order valence-corrected chi connectivity index (χ2v) is 6.28. The van der Waals surface area contributed by atoms with Crippen LogP contribution < -0.4 is 4.90 Å². The summed E-state index contributed by atoms with van der Waals surface area (Å²) < 4.78 is 1.13. The van der Waals surface area contributed by atoms with Gasteiger partial charge in [0.2, 0.25) is 0 Å². The summed E-state index contributed by atoms with van der Waals surface area (Å²) in [5.41, 5.74) is 2.15. The summed E-state index contributed by atoms with van der Waals surface area (Å²) in [5, 5.41) is 2.06. The number of thiophene rings is 1. The Kier molecular flexibility index (Phi) is 3.63. The van der Waals surface area contributed by atoms with Crippen molar-refractivity contribution in [1.82, 2.24) is 9.97 Å². The summed E-state index contributed by atoms with van der Waals surface area (Å²) in [6.45, 7) is 1.94. The lowest BCUT2D eigenvalue weighted by molar-refractivity contribution is 1.05. The molecule has 0 spiro atoms. The maximum atomic E-state index is 4.61. The van der Waals surface area contributed by atoms with Crippen LogP contribution in [-0.2, 0) is 0 Å². The van der Waals surface area contributed by atoms with Gasteiger partial charge in [0.1, 0.15) is 5.82 Å². The van der Waals surface area contributed by atoms with E-state index in [4.69, 9.17) is 0 Å². The van der Waals surface area contributed by atoms with Gasteiger partial charge in [0, 0.05) is 17.6 Å². The highest BCUT2D eigenvalue weighted by Gasteiger charge is 2.12. The molecule has 2 aromatic heterocycles. The second-order valence-electron chi connectivity index (χ2n) is 4.49. The van der Waals surface area contributed by atoms with Crippen molar-refractivity contribution in [1.29, 1.82) is 0 Å². The van der Waals surface area contributed by atoms with Crippen LogP contribution in [0.4, 0.5) is 11.5 Å². The van der Waals surface area contributed by atoms with E-state index >= 15 is 0 Å². The Labute approximate surface area is 126 Å². The molecule has 3 rings (SSSR count). The summed E-state index contributed by atoms with van der Waals surface area (Å²) in [7, 11) is 2.05. The number of fused-ring (bicyclic) bond motifs is 1. The van der Waals surface area contributed by atoms with Gasteiger partial charge in [-0.3, -0.25) is 0 Å². The molecule has 0 bridgehead atoms. The van der Waals surface area contributed by atoms with Crippen molar-refractivity contribution < 1.29 is 0 Å². The molecule has 0 radical (unpaired) electrons. The third kappa shape index (κ3) is 2.39. The largest absolute Gasteiger partial charge is 0.328 e. The van der Waals surface area contributed by atoms with Gasteiger partial charge in [-0.25, -0.2) is 9.97 Å². The zero-order valence-corrected chi connectivity index (χ0v) is 13.3. The Bertz CT molecular complexity index is 734. The highest BCUT2D eigenvalue weighted by Crippen LogP contribution is 2.32. The molecular formula is C15H15N3S2. The highest BCUT2D eigenvalue weighted by molar-refractivity contribution is 7.98. The minimum absolute atomic E-state index is 0.804. The number of thioether (sulfide) groups is 1. The Morgan fingerprint density at radius 1 is 1.10 bits per heavy atom. The van der Waals surface area contributed by atoms with Crippen molar-refractivity contribution in [2.75, 3.05) is 18.2 Å². The van der Waals surface area contributed by atoms with E-state index in [0.717, 1.165) is 27.5 Å². The van der Waals surface area contributed by atoms with Gasteiger partial charge in [-0.15, -0.1) is 23.1 Å². The molecule has 1 aromatic carbocycles. The van der Waals surface area contributed by atoms with Crippen LogP contribution in [0.25, 0.3) is 10.2 Å². The van der Waals surface area contributed by atoms with E-state index in [2.05, 4.69) is 57.8 Å². The summed E-state index contributed by atoms with van der Waals surface area (Å²) in [6.07, 6.45) is 2.09. The fourth-order valence-corrected chi connectivity index (χ4v) is 3.38. The molecule has 0 saturated carbocycles. The number of benzene rings is 1. The van der Waals surface area contributed by atoms with Crippen LogP contribution in [0, 0.1) is 6.92 Å². The molecule has 5 heteroatoms. The van der Waals surface area contributed by atoms with Gasteiger partial charge in [0.25, 0.3) is 0 Å². The summed E-state index contributed by atoms with van der Waals surface area (Å²) in [4.78, 5) is 12.5. The van der Waals surface area contributed by atoms with E-state index in [-0.39, 0.29) is 0 Å². The lowest BCUT2D eigenvalue weighted by Crippen LogP contribution is -2.12. The van der Waals surface area contributed by atoms with E-state index in [1.807, 2.05) is 13.0 Å². The van der Waals surface area contributed by atoms with Crippen molar-refractivity contribution in [3.63, 3.8) is 0 Å². The van der Waals surface area contributed by atoms with Crippen LogP contribution in [0.15, 0.2) is 40.6 Å². The predicted octanol–water partition coefficient (Wildman–Crippen LogP) is 4.49. The minimum atomic E-state index is 0.804. The average molecular weight is 301 g/mol. The Hall–Kier alpha value is -1.59. The van der Waals surface area contributed by atoms with Gasteiger partial charge in [-0.2, -0.15) is 0 Å².